The molecule has 0 atom stereocenters. The van der Waals surface area contributed by atoms with Crippen molar-refractivity contribution < 1.29 is 9.53 Å². The summed E-state index contributed by atoms with van der Waals surface area (Å²) in [6, 6.07) is 15.4. The van der Waals surface area contributed by atoms with E-state index in [9.17, 15) is 4.79 Å². The van der Waals surface area contributed by atoms with Crippen LogP contribution in [0.1, 0.15) is 42.0 Å². The first-order valence-corrected chi connectivity index (χ1v) is 8.37. The van der Waals surface area contributed by atoms with E-state index in [2.05, 4.69) is 32.0 Å². The second-order valence-electron chi connectivity index (χ2n) is 6.54. The highest BCUT2D eigenvalue weighted by molar-refractivity contribution is 5.77. The van der Waals surface area contributed by atoms with Crippen LogP contribution in [0.5, 0.6) is 5.75 Å². The zero-order valence-corrected chi connectivity index (χ0v) is 15.2. The molecule has 25 heavy (non-hydrogen) atoms. The highest BCUT2D eigenvalue weighted by Gasteiger charge is 2.13. The number of ether oxygens (including phenoxy) is 1. The molecule has 4 nitrogen and oxygen atoms in total. The van der Waals surface area contributed by atoms with Gasteiger partial charge in [0.15, 0.2) is 6.61 Å². The average molecular weight is 336 g/mol. The molecule has 0 spiro atoms. The zero-order chi connectivity index (χ0) is 18.4. The summed E-state index contributed by atoms with van der Waals surface area (Å²) >= 11 is 0. The summed E-state index contributed by atoms with van der Waals surface area (Å²) < 4.78 is 5.80. The van der Waals surface area contributed by atoms with Crippen molar-refractivity contribution in [2.24, 2.45) is 0 Å². The number of hydrogen-bond acceptors (Lipinski definition) is 3. The summed E-state index contributed by atoms with van der Waals surface area (Å²) in [5.41, 5.74) is 3.81. The Labute approximate surface area is 149 Å². The fraction of sp³-hybridized carbons (Fsp3) is 0.333. The van der Waals surface area contributed by atoms with Gasteiger partial charge in [0, 0.05) is 13.6 Å². The molecule has 0 aliphatic heterocycles. The lowest BCUT2D eigenvalue weighted by atomic mass is 10.0. The van der Waals surface area contributed by atoms with Gasteiger partial charge in [-0.15, -0.1) is 0 Å². The van der Waals surface area contributed by atoms with Crippen molar-refractivity contribution in [3.63, 3.8) is 0 Å². The number of benzene rings is 2. The molecule has 0 radical (unpaired) electrons. The minimum atomic E-state index is -0.0828. The predicted octanol–water partition coefficient (Wildman–Crippen LogP) is 4.03. The van der Waals surface area contributed by atoms with Crippen molar-refractivity contribution in [3.8, 4) is 11.8 Å². The third kappa shape index (κ3) is 5.09. The van der Waals surface area contributed by atoms with Gasteiger partial charge < -0.3 is 9.64 Å². The van der Waals surface area contributed by atoms with Crippen LogP contribution in [0.15, 0.2) is 42.5 Å². The Morgan fingerprint density at radius 2 is 1.88 bits per heavy atom. The van der Waals surface area contributed by atoms with Gasteiger partial charge >= 0.3 is 0 Å². The van der Waals surface area contributed by atoms with Crippen LogP contribution < -0.4 is 4.74 Å². The first-order chi connectivity index (χ1) is 11.9. The molecule has 0 aliphatic rings. The van der Waals surface area contributed by atoms with Crippen molar-refractivity contribution in [1.29, 1.82) is 5.26 Å². The number of amides is 1. The number of hydrogen-bond donors (Lipinski definition) is 0. The quantitative estimate of drug-likeness (QED) is 0.800. The third-order valence-corrected chi connectivity index (χ3v) is 4.07. The zero-order valence-electron chi connectivity index (χ0n) is 15.2. The van der Waals surface area contributed by atoms with Gasteiger partial charge in [-0.3, -0.25) is 4.79 Å². The lowest BCUT2D eigenvalue weighted by Gasteiger charge is -2.19. The van der Waals surface area contributed by atoms with Gasteiger partial charge in [0.05, 0.1) is 11.6 Å². The third-order valence-electron chi connectivity index (χ3n) is 4.07. The Morgan fingerprint density at radius 3 is 2.48 bits per heavy atom. The number of nitrogens with zero attached hydrogens (tertiary/aromatic N) is 2. The molecular weight excluding hydrogens is 312 g/mol. The highest BCUT2D eigenvalue weighted by Crippen LogP contribution is 2.27. The van der Waals surface area contributed by atoms with Crippen molar-refractivity contribution >= 4 is 5.91 Å². The maximum absolute atomic E-state index is 12.4. The minimum absolute atomic E-state index is 0.00987. The lowest BCUT2D eigenvalue weighted by Crippen LogP contribution is -2.31. The molecule has 0 N–H and O–H groups in total. The monoisotopic (exact) mass is 336 g/mol. The van der Waals surface area contributed by atoms with Crippen molar-refractivity contribution in [1.82, 2.24) is 4.90 Å². The van der Waals surface area contributed by atoms with Crippen LogP contribution in [-0.4, -0.2) is 24.5 Å². The van der Waals surface area contributed by atoms with Gasteiger partial charge in [-0.2, -0.15) is 5.26 Å². The molecule has 0 aliphatic carbocycles. The molecule has 0 saturated carbocycles. The molecule has 0 aromatic heterocycles. The number of carbonyl (C=O) groups is 1. The molecule has 0 unspecified atom stereocenters. The fourth-order valence-corrected chi connectivity index (χ4v) is 2.54. The highest BCUT2D eigenvalue weighted by atomic mass is 16.5. The van der Waals surface area contributed by atoms with Crippen LogP contribution in [0.2, 0.25) is 0 Å². The Bertz CT molecular complexity index is 773. The van der Waals surface area contributed by atoms with Gasteiger partial charge in [-0.05, 0) is 47.7 Å². The summed E-state index contributed by atoms with van der Waals surface area (Å²) in [5, 5.41) is 8.83. The summed E-state index contributed by atoms with van der Waals surface area (Å²) in [5.74, 6) is 1.03. The smallest absolute Gasteiger partial charge is 0.260 e. The van der Waals surface area contributed by atoms with Gasteiger partial charge in [-0.1, -0.05) is 38.1 Å². The topological polar surface area (TPSA) is 53.3 Å². The van der Waals surface area contributed by atoms with E-state index in [1.165, 1.54) is 0 Å². The van der Waals surface area contributed by atoms with E-state index >= 15 is 0 Å². The summed E-state index contributed by atoms with van der Waals surface area (Å²) in [6.07, 6.45) is 0. The molecular formula is C21H24N2O2. The van der Waals surface area contributed by atoms with Gasteiger partial charge in [0.25, 0.3) is 5.91 Å². The largest absolute Gasteiger partial charge is 0.483 e. The van der Waals surface area contributed by atoms with Crippen molar-refractivity contribution in [2.75, 3.05) is 13.7 Å². The van der Waals surface area contributed by atoms with Crippen molar-refractivity contribution in [2.45, 2.75) is 33.2 Å². The molecule has 2 aromatic rings. The maximum Gasteiger partial charge on any atom is 0.260 e. The van der Waals surface area contributed by atoms with Crippen LogP contribution in [0, 0.1) is 18.3 Å². The molecule has 1 amide bonds. The fourth-order valence-electron chi connectivity index (χ4n) is 2.54. The standard InChI is InChI=1S/C21H24N2O2/c1-15(2)19-10-5-16(3)11-20(19)25-14-21(24)23(4)13-18-8-6-17(12-22)7-9-18/h5-11,15H,13-14H2,1-4H3. The second-order valence-corrected chi connectivity index (χ2v) is 6.54. The summed E-state index contributed by atoms with van der Waals surface area (Å²) in [4.78, 5) is 14.0. The van der Waals surface area contributed by atoms with E-state index in [0.717, 1.165) is 22.4 Å². The first kappa shape index (κ1) is 18.5. The SMILES string of the molecule is Cc1ccc(C(C)C)c(OCC(=O)N(C)Cc2ccc(C#N)cc2)c1. The van der Waals surface area contributed by atoms with Crippen molar-refractivity contribution in [3.05, 3.63) is 64.7 Å². The Hall–Kier alpha value is -2.80. The lowest BCUT2D eigenvalue weighted by molar-refractivity contribution is -0.132. The number of likely N-dealkylation sites (N-methyl/N-ethyl adjacent to an activating group) is 1. The van der Waals surface area contributed by atoms with Crippen LogP contribution >= 0.6 is 0 Å². The number of aryl methyl sites for hydroxylation is 1. The molecule has 0 saturated heterocycles. The minimum Gasteiger partial charge on any atom is -0.483 e. The Kier molecular flexibility index (Phi) is 6.19. The predicted molar refractivity (Wildman–Crippen MR) is 98.4 cm³/mol. The normalized spacial score (nSPS) is 10.4. The summed E-state index contributed by atoms with van der Waals surface area (Å²) in [7, 11) is 1.75. The van der Waals surface area contributed by atoms with Crippen LogP contribution in [0.4, 0.5) is 0 Å². The van der Waals surface area contributed by atoms with Crippen LogP contribution in [-0.2, 0) is 11.3 Å². The number of nitriles is 1. The molecule has 4 heteroatoms. The van der Waals surface area contributed by atoms with Gasteiger partial charge in [-0.25, -0.2) is 0 Å². The van der Waals surface area contributed by atoms with E-state index < -0.39 is 0 Å². The molecule has 2 aromatic carbocycles. The molecule has 2 rings (SSSR count). The molecule has 0 bridgehead atoms. The van der Waals surface area contributed by atoms with Gasteiger partial charge in [0.2, 0.25) is 0 Å². The Morgan fingerprint density at radius 1 is 1.20 bits per heavy atom. The van der Waals surface area contributed by atoms with Gasteiger partial charge in [0.1, 0.15) is 5.75 Å². The average Bonchev–Trinajstić information content (AvgIpc) is 2.60. The summed E-state index contributed by atoms with van der Waals surface area (Å²) in [6.45, 7) is 6.72. The van der Waals surface area contributed by atoms with Crippen LogP contribution in [0.25, 0.3) is 0 Å². The van der Waals surface area contributed by atoms with E-state index in [-0.39, 0.29) is 12.5 Å². The number of carbonyl (C=O) groups excluding carboxylic acids is 1. The van der Waals surface area contributed by atoms with E-state index in [1.54, 1.807) is 24.1 Å². The molecule has 0 heterocycles. The number of rotatable bonds is 6. The molecule has 130 valence electrons. The maximum atomic E-state index is 12.4. The van der Waals surface area contributed by atoms with E-state index in [1.807, 2.05) is 25.1 Å². The Balaban J connectivity index is 1.97. The second kappa shape index (κ2) is 8.34. The van der Waals surface area contributed by atoms with Crippen LogP contribution in [0.3, 0.4) is 0 Å². The van der Waals surface area contributed by atoms with E-state index in [4.69, 9.17) is 10.00 Å². The first-order valence-electron chi connectivity index (χ1n) is 8.37. The van der Waals surface area contributed by atoms with E-state index in [0.29, 0.717) is 18.0 Å². The molecule has 0 fully saturated rings.